The number of aliphatic hydroxyl groups excluding tert-OH is 2. The summed E-state index contributed by atoms with van der Waals surface area (Å²) >= 11 is 16.6. The molecular formula is C58H110Cl4N2O18S. The van der Waals surface area contributed by atoms with E-state index in [2.05, 4.69) is 16.0 Å². The molecule has 0 spiro atoms. The fourth-order valence-electron chi connectivity index (χ4n) is 11.2. The highest BCUT2D eigenvalue weighted by Crippen LogP contribution is 2.41. The van der Waals surface area contributed by atoms with Crippen LogP contribution >= 0.6 is 47.2 Å². The molecule has 0 radical (unpaired) electrons. The number of aliphatic hydroxyl groups is 4. The third-order valence-corrected chi connectivity index (χ3v) is 17.3. The largest absolute Gasteiger partial charge is 0.459 e. The first kappa shape index (κ1) is 82.2. The van der Waals surface area contributed by atoms with Gasteiger partial charge in [0.1, 0.15) is 23.6 Å². The zero-order valence-electron chi connectivity index (χ0n) is 52.6. The Labute approximate surface area is 520 Å². The highest BCUT2D eigenvalue weighted by Gasteiger charge is 2.54. The van der Waals surface area contributed by atoms with Crippen molar-refractivity contribution < 1.29 is 85.1 Å². The van der Waals surface area contributed by atoms with E-state index in [0.29, 0.717) is 30.5 Å². The number of ketones is 1. The van der Waals surface area contributed by atoms with Crippen molar-refractivity contribution in [2.45, 2.75) is 264 Å². The molecule has 0 aromatic heterocycles. The highest BCUT2D eigenvalue weighted by atomic mass is 35.5. The number of hydrogen-bond acceptors (Lipinski definition) is 19. The Hall–Kier alpha value is -0.800. The molecular weight excluding hydrogens is 1190 g/mol. The quantitative estimate of drug-likeness (QED) is 0.0222. The number of nitrogens with zero attached hydrogens (tertiary/aromatic N) is 2. The number of likely N-dealkylation sites (N-methyl/N-ethyl adjacent to an activating group) is 1. The molecule has 25 heteroatoms. The number of halogens is 4. The minimum atomic E-state index is -4.23. The monoisotopic (exact) mass is 1290 g/mol. The van der Waals surface area contributed by atoms with Crippen molar-refractivity contribution in [1.82, 2.24) is 9.80 Å². The SMILES string of the molecule is CCC(=O)OC1C(OC2C(C)C(OC3CC(C)(OC)C(O)C(C)O3)C(C)C(=O)OC(CC)C(C)(O)C(O)C(C)C(=O)C(C)CC2(C)O)OC(C)CC1N(C)C.CCCCCCCCCCCCOS(=O)(=O)O.Cl.ClCCN(CCCl)CCCl. The second-order valence-corrected chi connectivity index (χ2v) is 25.9. The Morgan fingerprint density at radius 3 is 1.76 bits per heavy atom. The van der Waals surface area contributed by atoms with E-state index in [1.165, 1.54) is 72.8 Å². The number of ether oxygens (including phenoxy) is 7. The maximum absolute atomic E-state index is 14.2. The van der Waals surface area contributed by atoms with E-state index in [-0.39, 0.29) is 56.8 Å². The number of alkyl halides is 3. The Kier molecular flexibility index (Phi) is 40.4. The molecule has 5 N–H and O–H groups in total. The third kappa shape index (κ3) is 27.9. The molecule has 3 fully saturated rings. The van der Waals surface area contributed by atoms with Gasteiger partial charge in [-0.3, -0.25) is 23.8 Å². The van der Waals surface area contributed by atoms with Gasteiger partial charge in [-0.2, -0.15) is 8.42 Å². The number of carbonyl (C=O) groups excluding carboxylic acids is 3. The first-order chi connectivity index (χ1) is 38.3. The molecule has 0 saturated carbocycles. The zero-order chi connectivity index (χ0) is 62.8. The summed E-state index contributed by atoms with van der Waals surface area (Å²) in [6, 6.07) is -0.319. The van der Waals surface area contributed by atoms with Crippen LogP contribution in [0, 0.1) is 23.7 Å². The molecule has 0 bridgehead atoms. The average Bonchev–Trinajstić information content (AvgIpc) is 3.43. The van der Waals surface area contributed by atoms with Crippen LogP contribution < -0.4 is 0 Å². The summed E-state index contributed by atoms with van der Waals surface area (Å²) in [7, 11) is 0.973. The van der Waals surface area contributed by atoms with Crippen molar-refractivity contribution in [2.24, 2.45) is 23.7 Å². The van der Waals surface area contributed by atoms with Crippen LogP contribution in [-0.4, -0.2) is 210 Å². The second kappa shape index (κ2) is 40.8. The molecule has 3 rings (SSSR count). The molecule has 3 aliphatic rings. The van der Waals surface area contributed by atoms with Gasteiger partial charge in [0, 0.05) is 75.0 Å². The van der Waals surface area contributed by atoms with Crippen LogP contribution in [0.5, 0.6) is 0 Å². The summed E-state index contributed by atoms with van der Waals surface area (Å²) in [6.45, 7) is 22.9. The minimum absolute atomic E-state index is 0. The molecule has 0 aromatic carbocycles. The summed E-state index contributed by atoms with van der Waals surface area (Å²) < 4.78 is 76.6. The number of carbonyl (C=O) groups is 3. The summed E-state index contributed by atoms with van der Waals surface area (Å²) in [5, 5.41) is 46.6. The van der Waals surface area contributed by atoms with Gasteiger partial charge in [0.05, 0.1) is 60.3 Å². The van der Waals surface area contributed by atoms with Crippen molar-refractivity contribution in [3.05, 3.63) is 0 Å². The lowest BCUT2D eigenvalue weighted by molar-refractivity contribution is -0.319. The Bertz CT molecular complexity index is 1900. The number of hydrogen-bond donors (Lipinski definition) is 5. The fourth-order valence-corrected chi connectivity index (χ4v) is 12.2. The van der Waals surface area contributed by atoms with Gasteiger partial charge in [0.2, 0.25) is 0 Å². The number of methoxy groups -OCH3 is 1. The van der Waals surface area contributed by atoms with E-state index in [0.717, 1.165) is 32.5 Å². The summed E-state index contributed by atoms with van der Waals surface area (Å²) in [5.74, 6) is -3.65. The Morgan fingerprint density at radius 2 is 1.29 bits per heavy atom. The minimum Gasteiger partial charge on any atom is -0.459 e. The van der Waals surface area contributed by atoms with Gasteiger partial charge in [-0.25, -0.2) is 4.18 Å². The van der Waals surface area contributed by atoms with Crippen molar-refractivity contribution in [3.63, 3.8) is 0 Å². The van der Waals surface area contributed by atoms with Gasteiger partial charge in [-0.05, 0) is 81.3 Å². The summed E-state index contributed by atoms with van der Waals surface area (Å²) in [5.41, 5.74) is -4.92. The van der Waals surface area contributed by atoms with Gasteiger partial charge in [-0.15, -0.1) is 47.2 Å². The molecule has 3 aliphatic heterocycles. The van der Waals surface area contributed by atoms with E-state index < -0.39 is 124 Å². The first-order valence-electron chi connectivity index (χ1n) is 29.9. The molecule has 0 aliphatic carbocycles. The van der Waals surface area contributed by atoms with E-state index >= 15 is 0 Å². The summed E-state index contributed by atoms with van der Waals surface area (Å²) in [4.78, 5) is 45.0. The molecule has 20 nitrogen and oxygen atoms in total. The third-order valence-electron chi connectivity index (χ3n) is 16.3. The average molecular weight is 1300 g/mol. The predicted molar refractivity (Wildman–Crippen MR) is 326 cm³/mol. The highest BCUT2D eigenvalue weighted by molar-refractivity contribution is 7.80. The van der Waals surface area contributed by atoms with Gasteiger partial charge < -0.3 is 58.5 Å². The number of cyclic esters (lactones) is 1. The smallest absolute Gasteiger partial charge is 0.397 e. The van der Waals surface area contributed by atoms with Gasteiger partial charge in [0.15, 0.2) is 18.7 Å². The van der Waals surface area contributed by atoms with Crippen LogP contribution in [0.25, 0.3) is 0 Å². The van der Waals surface area contributed by atoms with E-state index in [1.807, 2.05) is 25.9 Å². The molecule has 0 aromatic rings. The second-order valence-electron chi connectivity index (χ2n) is 23.6. The van der Waals surface area contributed by atoms with Crippen LogP contribution in [0.15, 0.2) is 0 Å². The number of Topliss-reactive ketones (excluding diaryl/α,β-unsaturated/α-hetero) is 1. The standard InChI is InChI=1S/C40H71NO14.C12H26O4S.C6H12Cl3N.ClH/c1-15-27-40(11,48)33(44)22(5)30(43)20(3)18-38(9,47)35(55-37-32(53-28(42)16-2)26(41(12)13)17-21(4)50-37)23(6)31(24(7)36(46)52-27)54-29-19-39(10,49-14)34(45)25(8)51-29;1-2-3-4-5-6-7-8-9-10-11-12-16-17(13,14)15;7-1-4-10(5-2-8)6-3-9;/h20-27,29,31-35,37,44-45,47-48H,15-19H2,1-14H3;2-12H2,1H3,(H,13,14,15);1-6H2;1H. The lowest BCUT2D eigenvalue weighted by Gasteiger charge is -2.49. The maximum atomic E-state index is 14.2. The number of unbranched alkanes of at least 4 members (excludes halogenated alkanes) is 9. The number of esters is 2. The van der Waals surface area contributed by atoms with E-state index in [1.54, 1.807) is 48.5 Å². The van der Waals surface area contributed by atoms with Crippen molar-refractivity contribution >= 4 is 75.3 Å². The van der Waals surface area contributed by atoms with Crippen LogP contribution in [-0.2, 0) is 62.1 Å². The summed E-state index contributed by atoms with van der Waals surface area (Å²) in [6.07, 6.45) is 2.17. The Balaban J connectivity index is 0.00000197. The molecule has 18 atom stereocenters. The maximum Gasteiger partial charge on any atom is 0.397 e. The molecule has 0 amide bonds. The fraction of sp³-hybridized carbons (Fsp3) is 0.948. The Morgan fingerprint density at radius 1 is 0.759 bits per heavy atom. The lowest BCUT2D eigenvalue weighted by atomic mass is 9.74. The molecule has 18 unspecified atom stereocenters. The molecule has 3 heterocycles. The zero-order valence-corrected chi connectivity index (χ0v) is 56.5. The van der Waals surface area contributed by atoms with Gasteiger partial charge >= 0.3 is 22.3 Å². The van der Waals surface area contributed by atoms with Crippen molar-refractivity contribution in [1.29, 1.82) is 0 Å². The normalized spacial score (nSPS) is 34.8. The van der Waals surface area contributed by atoms with E-state index in [9.17, 15) is 43.2 Å². The number of rotatable bonds is 27. The van der Waals surface area contributed by atoms with Gasteiger partial charge in [0.25, 0.3) is 0 Å². The molecule has 83 heavy (non-hydrogen) atoms. The first-order valence-corrected chi connectivity index (χ1v) is 32.8. The van der Waals surface area contributed by atoms with Crippen molar-refractivity contribution in [2.75, 3.05) is 65.1 Å². The van der Waals surface area contributed by atoms with Crippen LogP contribution in [0.2, 0.25) is 0 Å². The van der Waals surface area contributed by atoms with Crippen LogP contribution in [0.1, 0.15) is 179 Å². The van der Waals surface area contributed by atoms with Crippen molar-refractivity contribution in [3.8, 4) is 0 Å². The topological polar surface area (TPSA) is 267 Å². The molecule has 494 valence electrons. The predicted octanol–water partition coefficient (Wildman–Crippen LogP) is 8.90. The molecule has 3 saturated heterocycles. The lowest BCUT2D eigenvalue weighted by Crippen LogP contribution is -2.61. The van der Waals surface area contributed by atoms with Crippen LogP contribution in [0.4, 0.5) is 0 Å². The van der Waals surface area contributed by atoms with Gasteiger partial charge in [-0.1, -0.05) is 99.3 Å². The van der Waals surface area contributed by atoms with E-state index in [4.69, 9.17) is 72.5 Å². The van der Waals surface area contributed by atoms with Crippen LogP contribution in [0.3, 0.4) is 0 Å².